The predicted octanol–water partition coefficient (Wildman–Crippen LogP) is 2.80. The Balaban J connectivity index is 1.82. The Morgan fingerprint density at radius 3 is 2.58 bits per heavy atom. The van der Waals surface area contributed by atoms with Crippen molar-refractivity contribution in [2.45, 2.75) is 65.3 Å². The summed E-state index contributed by atoms with van der Waals surface area (Å²) in [6, 6.07) is 0.439. The topological polar surface area (TPSA) is 32.3 Å². The van der Waals surface area contributed by atoms with Crippen LogP contribution >= 0.6 is 0 Å². The predicted molar refractivity (Wildman–Crippen MR) is 79.0 cm³/mol. The van der Waals surface area contributed by atoms with Gasteiger partial charge in [0, 0.05) is 25.6 Å². The van der Waals surface area contributed by atoms with Gasteiger partial charge in [-0.2, -0.15) is 0 Å². The highest BCUT2D eigenvalue weighted by Crippen LogP contribution is 2.34. The molecule has 0 saturated carbocycles. The molecule has 2 aliphatic heterocycles. The van der Waals surface area contributed by atoms with E-state index < -0.39 is 0 Å². The lowest BCUT2D eigenvalue weighted by Gasteiger charge is -2.29. The first-order valence-corrected chi connectivity index (χ1v) is 7.98. The number of likely N-dealkylation sites (tertiary alicyclic amines) is 1. The lowest BCUT2D eigenvalue weighted by atomic mass is 9.77. The Kier molecular flexibility index (Phi) is 4.88. The summed E-state index contributed by atoms with van der Waals surface area (Å²) < 4.78 is 0. The van der Waals surface area contributed by atoms with E-state index in [1.807, 2.05) is 0 Å². The summed E-state index contributed by atoms with van der Waals surface area (Å²) >= 11 is 0. The van der Waals surface area contributed by atoms with Crippen molar-refractivity contribution in [1.82, 2.24) is 10.2 Å². The Morgan fingerprint density at radius 1 is 1.16 bits per heavy atom. The van der Waals surface area contributed by atoms with Crippen molar-refractivity contribution in [2.24, 2.45) is 11.3 Å². The molecule has 2 heterocycles. The van der Waals surface area contributed by atoms with Crippen molar-refractivity contribution in [3.05, 3.63) is 0 Å². The highest BCUT2D eigenvalue weighted by molar-refractivity contribution is 5.76. The maximum Gasteiger partial charge on any atom is 0.224 e. The Bertz CT molecular complexity index is 302. The number of carbonyl (C=O) groups excluding carboxylic acids is 1. The van der Waals surface area contributed by atoms with Crippen LogP contribution in [0, 0.1) is 11.3 Å². The molecule has 1 amide bonds. The van der Waals surface area contributed by atoms with Crippen molar-refractivity contribution in [1.29, 1.82) is 0 Å². The molecular weight excluding hydrogens is 236 g/mol. The van der Waals surface area contributed by atoms with Crippen LogP contribution in [-0.2, 0) is 4.79 Å². The molecule has 1 N–H and O–H groups in total. The van der Waals surface area contributed by atoms with Crippen LogP contribution in [0.2, 0.25) is 0 Å². The molecule has 2 fully saturated rings. The van der Waals surface area contributed by atoms with Gasteiger partial charge in [0.25, 0.3) is 0 Å². The van der Waals surface area contributed by atoms with Crippen molar-refractivity contribution in [2.75, 3.05) is 19.6 Å². The summed E-state index contributed by atoms with van der Waals surface area (Å²) in [6.07, 6.45) is 6.72. The number of carbonyl (C=O) groups is 1. The molecular formula is C16H30N2O. The van der Waals surface area contributed by atoms with Crippen LogP contribution in [0.25, 0.3) is 0 Å². The zero-order chi connectivity index (χ0) is 13.9. The first-order chi connectivity index (χ1) is 8.97. The molecule has 0 bridgehead atoms. The zero-order valence-corrected chi connectivity index (χ0v) is 12.9. The fourth-order valence-electron chi connectivity index (χ4n) is 3.48. The second kappa shape index (κ2) is 6.25. The van der Waals surface area contributed by atoms with E-state index in [1.54, 1.807) is 0 Å². The van der Waals surface area contributed by atoms with E-state index in [-0.39, 0.29) is 0 Å². The quantitative estimate of drug-likeness (QED) is 0.833. The normalized spacial score (nSPS) is 29.3. The maximum atomic E-state index is 12.3. The monoisotopic (exact) mass is 266 g/mol. The minimum absolute atomic E-state index is 0.369. The van der Waals surface area contributed by atoms with Gasteiger partial charge in [-0.1, -0.05) is 20.8 Å². The molecule has 2 aliphatic rings. The average Bonchev–Trinajstić information content (AvgIpc) is 2.69. The van der Waals surface area contributed by atoms with Gasteiger partial charge in [0.2, 0.25) is 5.91 Å². The molecule has 0 aromatic carbocycles. The molecule has 2 atom stereocenters. The molecule has 110 valence electrons. The highest BCUT2D eigenvalue weighted by Gasteiger charge is 2.29. The Morgan fingerprint density at radius 2 is 1.95 bits per heavy atom. The largest absolute Gasteiger partial charge is 0.343 e. The summed E-state index contributed by atoms with van der Waals surface area (Å²) in [7, 11) is 0. The van der Waals surface area contributed by atoms with Crippen LogP contribution in [0.1, 0.15) is 59.3 Å². The third-order valence-electron chi connectivity index (χ3n) is 4.89. The number of rotatable bonds is 2. The molecule has 0 aromatic heterocycles. The SMILES string of the molecule is CC(C)(C)C1CCCN(C(=O)CC2CCCN2)CC1. The van der Waals surface area contributed by atoms with Crippen molar-refractivity contribution in [3.8, 4) is 0 Å². The summed E-state index contributed by atoms with van der Waals surface area (Å²) in [6.45, 7) is 10.0. The first-order valence-electron chi connectivity index (χ1n) is 7.98. The van der Waals surface area contributed by atoms with E-state index in [0.717, 1.165) is 25.6 Å². The molecule has 2 unspecified atom stereocenters. The van der Waals surface area contributed by atoms with Gasteiger partial charge in [0.1, 0.15) is 0 Å². The molecule has 19 heavy (non-hydrogen) atoms. The average molecular weight is 266 g/mol. The van der Waals surface area contributed by atoms with E-state index in [1.165, 1.54) is 32.1 Å². The second-order valence-electron chi connectivity index (χ2n) is 7.37. The lowest BCUT2D eigenvalue weighted by Crippen LogP contribution is -2.36. The molecule has 0 aromatic rings. The fourth-order valence-corrected chi connectivity index (χ4v) is 3.48. The third-order valence-corrected chi connectivity index (χ3v) is 4.89. The van der Waals surface area contributed by atoms with Crippen LogP contribution in [-0.4, -0.2) is 36.5 Å². The van der Waals surface area contributed by atoms with Gasteiger partial charge in [-0.05, 0) is 50.0 Å². The molecule has 2 rings (SSSR count). The number of amides is 1. The maximum absolute atomic E-state index is 12.3. The van der Waals surface area contributed by atoms with E-state index in [9.17, 15) is 4.79 Å². The molecule has 0 radical (unpaired) electrons. The number of hydrogen-bond donors (Lipinski definition) is 1. The highest BCUT2D eigenvalue weighted by atomic mass is 16.2. The van der Waals surface area contributed by atoms with Gasteiger partial charge in [0.15, 0.2) is 0 Å². The van der Waals surface area contributed by atoms with Gasteiger partial charge >= 0.3 is 0 Å². The van der Waals surface area contributed by atoms with Crippen LogP contribution in [0.4, 0.5) is 0 Å². The minimum Gasteiger partial charge on any atom is -0.343 e. The second-order valence-corrected chi connectivity index (χ2v) is 7.37. The van der Waals surface area contributed by atoms with Crippen molar-refractivity contribution < 1.29 is 4.79 Å². The number of nitrogens with one attached hydrogen (secondary N) is 1. The zero-order valence-electron chi connectivity index (χ0n) is 12.9. The molecule has 0 aliphatic carbocycles. The van der Waals surface area contributed by atoms with E-state index >= 15 is 0 Å². The first kappa shape index (κ1) is 14.8. The van der Waals surface area contributed by atoms with Crippen LogP contribution in [0.3, 0.4) is 0 Å². The van der Waals surface area contributed by atoms with Crippen molar-refractivity contribution in [3.63, 3.8) is 0 Å². The van der Waals surface area contributed by atoms with E-state index in [0.29, 0.717) is 23.8 Å². The van der Waals surface area contributed by atoms with Gasteiger partial charge in [-0.3, -0.25) is 4.79 Å². The molecule has 3 nitrogen and oxygen atoms in total. The summed E-state index contributed by atoms with van der Waals surface area (Å²) in [4.78, 5) is 14.5. The number of nitrogens with zero attached hydrogens (tertiary/aromatic N) is 1. The van der Waals surface area contributed by atoms with Gasteiger partial charge in [0.05, 0.1) is 0 Å². The van der Waals surface area contributed by atoms with E-state index in [4.69, 9.17) is 0 Å². The number of hydrogen-bond acceptors (Lipinski definition) is 2. The molecule has 0 spiro atoms. The van der Waals surface area contributed by atoms with Crippen LogP contribution < -0.4 is 5.32 Å². The summed E-state index contributed by atoms with van der Waals surface area (Å²) in [5.41, 5.74) is 0.381. The van der Waals surface area contributed by atoms with Gasteiger partial charge in [-0.15, -0.1) is 0 Å². The summed E-state index contributed by atoms with van der Waals surface area (Å²) in [5.74, 6) is 1.13. The van der Waals surface area contributed by atoms with Gasteiger partial charge < -0.3 is 10.2 Å². The van der Waals surface area contributed by atoms with Crippen LogP contribution in [0.5, 0.6) is 0 Å². The Labute approximate surface area is 118 Å². The summed E-state index contributed by atoms with van der Waals surface area (Å²) in [5, 5.41) is 3.43. The standard InChI is InChI=1S/C16H30N2O/c1-16(2,3)13-6-5-10-18(11-8-13)15(19)12-14-7-4-9-17-14/h13-14,17H,4-12H2,1-3H3. The molecule has 3 heteroatoms. The van der Waals surface area contributed by atoms with Gasteiger partial charge in [-0.25, -0.2) is 0 Å². The molecule has 2 saturated heterocycles. The van der Waals surface area contributed by atoms with Crippen LogP contribution in [0.15, 0.2) is 0 Å². The van der Waals surface area contributed by atoms with Crippen molar-refractivity contribution >= 4 is 5.91 Å². The Hall–Kier alpha value is -0.570. The fraction of sp³-hybridized carbons (Fsp3) is 0.938. The van der Waals surface area contributed by atoms with E-state index in [2.05, 4.69) is 31.0 Å². The minimum atomic E-state index is 0.369. The smallest absolute Gasteiger partial charge is 0.224 e. The lowest BCUT2D eigenvalue weighted by molar-refractivity contribution is -0.131. The third kappa shape index (κ3) is 4.20.